The number of aromatic nitrogens is 3. The van der Waals surface area contributed by atoms with Crippen LogP contribution in [-0.4, -0.2) is 14.8 Å². The summed E-state index contributed by atoms with van der Waals surface area (Å²) in [6.45, 7) is 2.06. The second-order valence-corrected chi connectivity index (χ2v) is 5.70. The van der Waals surface area contributed by atoms with E-state index in [1.807, 2.05) is 18.2 Å². The Bertz CT molecular complexity index is 582. The Balaban J connectivity index is 1.88. The Morgan fingerprint density at radius 2 is 1.90 bits per heavy atom. The van der Waals surface area contributed by atoms with Gasteiger partial charge in [-0.1, -0.05) is 37.5 Å². The highest BCUT2D eigenvalue weighted by Gasteiger charge is 2.21. The molecule has 0 atom stereocenters. The molecule has 0 amide bonds. The minimum absolute atomic E-state index is 0.568. The van der Waals surface area contributed by atoms with Gasteiger partial charge in [-0.05, 0) is 31.4 Å². The van der Waals surface area contributed by atoms with Gasteiger partial charge >= 0.3 is 0 Å². The van der Waals surface area contributed by atoms with Gasteiger partial charge in [-0.2, -0.15) is 0 Å². The van der Waals surface area contributed by atoms with Gasteiger partial charge in [0.05, 0.1) is 0 Å². The summed E-state index contributed by atoms with van der Waals surface area (Å²) in [6, 6.07) is 8.59. The molecule has 0 radical (unpaired) electrons. The Morgan fingerprint density at radius 1 is 1.15 bits per heavy atom. The molecule has 3 rings (SSSR count). The maximum absolute atomic E-state index is 6.05. The van der Waals surface area contributed by atoms with Gasteiger partial charge in [0.15, 0.2) is 0 Å². The first kappa shape index (κ1) is 13.2. The van der Waals surface area contributed by atoms with E-state index in [0.717, 1.165) is 29.3 Å². The highest BCUT2D eigenvalue weighted by atomic mass is 15.3. The lowest BCUT2D eigenvalue weighted by molar-refractivity contribution is 0.342. The number of para-hydroxylation sites is 1. The highest BCUT2D eigenvalue weighted by Crippen LogP contribution is 2.30. The van der Waals surface area contributed by atoms with Crippen molar-refractivity contribution in [1.82, 2.24) is 14.8 Å². The molecule has 1 aromatic carbocycles. The summed E-state index contributed by atoms with van der Waals surface area (Å²) in [5.41, 5.74) is 8.02. The van der Waals surface area contributed by atoms with Crippen LogP contribution in [0.2, 0.25) is 0 Å². The van der Waals surface area contributed by atoms with Crippen LogP contribution in [-0.2, 0) is 6.42 Å². The fraction of sp³-hybridized carbons (Fsp3) is 0.500. The minimum atomic E-state index is 0.568. The van der Waals surface area contributed by atoms with Crippen molar-refractivity contribution in [3.05, 3.63) is 41.5 Å². The zero-order valence-corrected chi connectivity index (χ0v) is 12.0. The molecule has 2 N–H and O–H groups in total. The molecule has 0 unspecified atom stereocenters. The fourth-order valence-corrected chi connectivity index (χ4v) is 3.21. The number of rotatable bonds is 3. The second kappa shape index (κ2) is 5.65. The lowest BCUT2D eigenvalue weighted by Gasteiger charge is -2.25. The van der Waals surface area contributed by atoms with Gasteiger partial charge in [0.1, 0.15) is 11.6 Å². The first-order valence-electron chi connectivity index (χ1n) is 7.49. The van der Waals surface area contributed by atoms with Crippen LogP contribution in [0.5, 0.6) is 0 Å². The second-order valence-electron chi connectivity index (χ2n) is 5.70. The van der Waals surface area contributed by atoms with E-state index in [0.29, 0.717) is 6.04 Å². The Morgan fingerprint density at radius 3 is 2.65 bits per heavy atom. The van der Waals surface area contributed by atoms with Crippen LogP contribution in [0.1, 0.15) is 55.4 Å². The summed E-state index contributed by atoms with van der Waals surface area (Å²) in [4.78, 5) is 0. The number of hydrogen-bond acceptors (Lipinski definition) is 3. The molecule has 4 nitrogen and oxygen atoms in total. The maximum atomic E-state index is 6.05. The van der Waals surface area contributed by atoms with E-state index in [9.17, 15) is 0 Å². The maximum Gasteiger partial charge on any atom is 0.137 e. The van der Waals surface area contributed by atoms with Crippen LogP contribution in [0.3, 0.4) is 0 Å². The molecule has 20 heavy (non-hydrogen) atoms. The quantitative estimate of drug-likeness (QED) is 0.871. The van der Waals surface area contributed by atoms with E-state index in [4.69, 9.17) is 5.73 Å². The normalized spacial score (nSPS) is 16.4. The number of nitrogens with zero attached hydrogens (tertiary/aromatic N) is 3. The summed E-state index contributed by atoms with van der Waals surface area (Å²) >= 11 is 0. The van der Waals surface area contributed by atoms with E-state index in [1.165, 1.54) is 32.1 Å². The van der Waals surface area contributed by atoms with E-state index >= 15 is 0 Å². The van der Waals surface area contributed by atoms with Crippen molar-refractivity contribution in [2.45, 2.75) is 51.5 Å². The number of hydrogen-bond donors (Lipinski definition) is 1. The molecule has 2 aromatic rings. The number of anilines is 1. The van der Waals surface area contributed by atoms with Crippen LogP contribution in [0, 0.1) is 6.92 Å². The third kappa shape index (κ3) is 2.55. The van der Waals surface area contributed by atoms with Gasteiger partial charge in [-0.25, -0.2) is 0 Å². The van der Waals surface area contributed by atoms with E-state index < -0.39 is 0 Å². The van der Waals surface area contributed by atoms with E-state index in [1.54, 1.807) is 0 Å². The number of nitrogens with two attached hydrogens (primary N) is 1. The lowest BCUT2D eigenvalue weighted by Crippen LogP contribution is -2.17. The van der Waals surface area contributed by atoms with Crippen LogP contribution in [0.25, 0.3) is 0 Å². The van der Waals surface area contributed by atoms with Crippen LogP contribution >= 0.6 is 0 Å². The molecule has 0 spiro atoms. The van der Waals surface area contributed by atoms with Crippen molar-refractivity contribution in [3.63, 3.8) is 0 Å². The van der Waals surface area contributed by atoms with Crippen molar-refractivity contribution in [1.29, 1.82) is 0 Å². The monoisotopic (exact) mass is 270 g/mol. The van der Waals surface area contributed by atoms with Crippen molar-refractivity contribution < 1.29 is 0 Å². The fourth-order valence-electron chi connectivity index (χ4n) is 3.21. The van der Waals surface area contributed by atoms with Gasteiger partial charge in [-0.3, -0.25) is 0 Å². The van der Waals surface area contributed by atoms with Crippen molar-refractivity contribution in [2.75, 3.05) is 5.73 Å². The molecule has 4 heteroatoms. The molecule has 1 aliphatic rings. The minimum Gasteiger partial charge on any atom is -0.398 e. The molecular weight excluding hydrogens is 248 g/mol. The third-order valence-electron chi connectivity index (χ3n) is 4.28. The average molecular weight is 270 g/mol. The smallest absolute Gasteiger partial charge is 0.137 e. The largest absolute Gasteiger partial charge is 0.398 e. The van der Waals surface area contributed by atoms with Crippen molar-refractivity contribution >= 4 is 5.69 Å². The summed E-state index contributed by atoms with van der Waals surface area (Å²) in [5.74, 6) is 2.08. The molecule has 0 aliphatic heterocycles. The van der Waals surface area contributed by atoms with Crippen LogP contribution in [0.15, 0.2) is 24.3 Å². The average Bonchev–Trinajstić information content (AvgIpc) is 2.83. The van der Waals surface area contributed by atoms with E-state index in [-0.39, 0.29) is 0 Å². The third-order valence-corrected chi connectivity index (χ3v) is 4.28. The summed E-state index contributed by atoms with van der Waals surface area (Å²) in [5, 5.41) is 8.67. The lowest BCUT2D eigenvalue weighted by atomic mass is 9.95. The van der Waals surface area contributed by atoms with Gasteiger partial charge in [0.2, 0.25) is 0 Å². The first-order valence-corrected chi connectivity index (χ1v) is 7.49. The van der Waals surface area contributed by atoms with E-state index in [2.05, 4.69) is 27.8 Å². The predicted molar refractivity (Wildman–Crippen MR) is 80.5 cm³/mol. The summed E-state index contributed by atoms with van der Waals surface area (Å²) in [6.07, 6.45) is 7.25. The zero-order valence-electron chi connectivity index (χ0n) is 12.0. The molecule has 0 bridgehead atoms. The standard InChI is InChI=1S/C16H22N4/c1-12-18-19-16(11-13-7-5-6-10-15(13)17)20(12)14-8-3-2-4-9-14/h5-7,10,14H,2-4,8-9,11,17H2,1H3. The molecule has 1 fully saturated rings. The molecular formula is C16H22N4. The van der Waals surface area contributed by atoms with Gasteiger partial charge in [0, 0.05) is 18.2 Å². The Labute approximate surface area is 120 Å². The predicted octanol–water partition coefficient (Wildman–Crippen LogP) is 3.26. The Kier molecular flexibility index (Phi) is 3.72. The molecule has 1 saturated carbocycles. The number of benzene rings is 1. The topological polar surface area (TPSA) is 56.7 Å². The molecule has 0 saturated heterocycles. The van der Waals surface area contributed by atoms with Crippen molar-refractivity contribution in [3.8, 4) is 0 Å². The SMILES string of the molecule is Cc1nnc(Cc2ccccc2N)n1C1CCCCC1. The van der Waals surface area contributed by atoms with Crippen molar-refractivity contribution in [2.24, 2.45) is 0 Å². The zero-order chi connectivity index (χ0) is 13.9. The van der Waals surface area contributed by atoms with Crippen LogP contribution < -0.4 is 5.73 Å². The van der Waals surface area contributed by atoms with Gasteiger partial charge in [0.25, 0.3) is 0 Å². The number of nitrogen functional groups attached to an aromatic ring is 1. The molecule has 106 valence electrons. The summed E-state index contributed by atoms with van der Waals surface area (Å²) in [7, 11) is 0. The van der Waals surface area contributed by atoms with Crippen LogP contribution in [0.4, 0.5) is 5.69 Å². The van der Waals surface area contributed by atoms with Gasteiger partial charge in [-0.15, -0.1) is 10.2 Å². The first-order chi connectivity index (χ1) is 9.75. The molecule has 1 aliphatic carbocycles. The Hall–Kier alpha value is -1.84. The molecule has 1 aromatic heterocycles. The summed E-state index contributed by atoms with van der Waals surface area (Å²) < 4.78 is 2.34. The number of aryl methyl sites for hydroxylation is 1. The highest BCUT2D eigenvalue weighted by molar-refractivity contribution is 5.47. The molecule has 1 heterocycles. The van der Waals surface area contributed by atoms with Gasteiger partial charge < -0.3 is 10.3 Å².